The lowest BCUT2D eigenvalue weighted by Crippen LogP contribution is -2.33. The highest BCUT2D eigenvalue weighted by Gasteiger charge is 2.34. The number of fused-ring (bicyclic) bond motifs is 1. The molecular weight excluding hydrogens is 448 g/mol. The van der Waals surface area contributed by atoms with Crippen LogP contribution in [0.5, 0.6) is 0 Å². The first-order valence-corrected chi connectivity index (χ1v) is 11.6. The summed E-state index contributed by atoms with van der Waals surface area (Å²) in [7, 11) is 0. The number of benzene rings is 3. The number of aryl methyl sites for hydroxylation is 1. The minimum absolute atomic E-state index is 0.162. The Bertz CT molecular complexity index is 1220. The highest BCUT2D eigenvalue weighted by atomic mass is 35.5. The largest absolute Gasteiger partial charge is 0.309 e. The topological polar surface area (TPSA) is 57.7 Å². The summed E-state index contributed by atoms with van der Waals surface area (Å²) in [5.74, 6) is -0.672. The molecule has 0 bridgehead atoms. The number of rotatable bonds is 8. The van der Waals surface area contributed by atoms with Crippen LogP contribution in [0.15, 0.2) is 78.9 Å². The van der Waals surface area contributed by atoms with Crippen LogP contribution in [0.1, 0.15) is 44.7 Å². The van der Waals surface area contributed by atoms with E-state index in [1.807, 2.05) is 49.4 Å². The zero-order valence-corrected chi connectivity index (χ0v) is 19.7. The highest BCUT2D eigenvalue weighted by molar-refractivity contribution is 6.32. The molecule has 1 heterocycles. The lowest BCUT2D eigenvalue weighted by atomic mass is 10.1. The number of imide groups is 1. The zero-order chi connectivity index (χ0) is 24.1. The standard InChI is InChI=1S/C28H25ClN2O3/c1-20-12-15-22(16-13-20)30(26(32)17-14-21-8-2-5-11-25(21)29)18-6-7-19-31-27(33)23-9-3-4-10-24(23)28(31)34/h2-5,8-17H,6-7,18-19H2,1H3/b17-14+. The van der Waals surface area contributed by atoms with Gasteiger partial charge in [0.25, 0.3) is 17.7 Å². The van der Waals surface area contributed by atoms with Crippen LogP contribution in [-0.2, 0) is 4.79 Å². The van der Waals surface area contributed by atoms with Crippen molar-refractivity contribution >= 4 is 41.1 Å². The summed E-state index contributed by atoms with van der Waals surface area (Å²) >= 11 is 6.21. The fraction of sp³-hybridized carbons (Fsp3) is 0.179. The second kappa shape index (κ2) is 10.5. The van der Waals surface area contributed by atoms with Crippen molar-refractivity contribution in [3.63, 3.8) is 0 Å². The van der Waals surface area contributed by atoms with Crippen LogP contribution in [0, 0.1) is 6.92 Å². The van der Waals surface area contributed by atoms with Crippen molar-refractivity contribution in [1.29, 1.82) is 0 Å². The van der Waals surface area contributed by atoms with E-state index in [2.05, 4.69) is 0 Å². The van der Waals surface area contributed by atoms with E-state index in [0.29, 0.717) is 42.1 Å². The second-order valence-electron chi connectivity index (χ2n) is 8.19. The Morgan fingerprint density at radius 1 is 0.882 bits per heavy atom. The van der Waals surface area contributed by atoms with Crippen molar-refractivity contribution in [2.75, 3.05) is 18.0 Å². The summed E-state index contributed by atoms with van der Waals surface area (Å²) in [4.78, 5) is 41.2. The van der Waals surface area contributed by atoms with Gasteiger partial charge >= 0.3 is 0 Å². The molecule has 6 heteroatoms. The summed E-state index contributed by atoms with van der Waals surface area (Å²) in [6.07, 6.45) is 4.46. The molecule has 172 valence electrons. The molecule has 0 aromatic heterocycles. The van der Waals surface area contributed by atoms with Crippen LogP contribution in [-0.4, -0.2) is 35.7 Å². The van der Waals surface area contributed by atoms with Crippen molar-refractivity contribution in [2.45, 2.75) is 19.8 Å². The number of anilines is 1. The van der Waals surface area contributed by atoms with Crippen LogP contribution in [0.4, 0.5) is 5.69 Å². The van der Waals surface area contributed by atoms with Crippen LogP contribution >= 0.6 is 11.6 Å². The van der Waals surface area contributed by atoms with Gasteiger partial charge in [-0.15, -0.1) is 0 Å². The van der Waals surface area contributed by atoms with Crippen molar-refractivity contribution in [3.05, 3.63) is 106 Å². The van der Waals surface area contributed by atoms with Gasteiger partial charge in [-0.1, -0.05) is 59.6 Å². The molecule has 0 spiro atoms. The molecule has 5 nitrogen and oxygen atoms in total. The van der Waals surface area contributed by atoms with E-state index in [0.717, 1.165) is 16.8 Å². The molecule has 3 aromatic rings. The summed E-state index contributed by atoms with van der Waals surface area (Å²) in [5.41, 5.74) is 3.57. The molecule has 0 aliphatic carbocycles. The Kier molecular flexibility index (Phi) is 7.24. The Morgan fingerprint density at radius 2 is 1.50 bits per heavy atom. The van der Waals surface area contributed by atoms with Gasteiger partial charge in [0.2, 0.25) is 0 Å². The van der Waals surface area contributed by atoms with Crippen LogP contribution in [0.3, 0.4) is 0 Å². The first kappa shape index (κ1) is 23.5. The van der Waals surface area contributed by atoms with Gasteiger partial charge in [0.05, 0.1) is 11.1 Å². The van der Waals surface area contributed by atoms with Crippen LogP contribution < -0.4 is 4.90 Å². The minimum atomic E-state index is -0.255. The maximum atomic E-state index is 13.1. The summed E-state index contributed by atoms with van der Waals surface area (Å²) in [6, 6.07) is 22.0. The third-order valence-electron chi connectivity index (χ3n) is 5.81. The van der Waals surface area contributed by atoms with E-state index in [-0.39, 0.29) is 17.7 Å². The van der Waals surface area contributed by atoms with E-state index in [4.69, 9.17) is 11.6 Å². The molecule has 3 aromatic carbocycles. The van der Waals surface area contributed by atoms with Gasteiger partial charge in [-0.25, -0.2) is 0 Å². The SMILES string of the molecule is Cc1ccc(N(CCCCN2C(=O)c3ccccc3C2=O)C(=O)/C=C/c2ccccc2Cl)cc1. The lowest BCUT2D eigenvalue weighted by molar-refractivity contribution is -0.114. The Labute approximate surface area is 204 Å². The molecule has 0 N–H and O–H groups in total. The number of hydrogen-bond acceptors (Lipinski definition) is 3. The van der Waals surface area contributed by atoms with Gasteiger partial charge in [-0.3, -0.25) is 19.3 Å². The molecule has 1 aliphatic rings. The average molecular weight is 473 g/mol. The Balaban J connectivity index is 1.42. The fourth-order valence-electron chi connectivity index (χ4n) is 3.93. The summed E-state index contributed by atoms with van der Waals surface area (Å²) in [5, 5.41) is 0.578. The number of carbonyl (C=O) groups is 3. The van der Waals surface area contributed by atoms with E-state index >= 15 is 0 Å². The maximum Gasteiger partial charge on any atom is 0.261 e. The Morgan fingerprint density at radius 3 is 2.15 bits per heavy atom. The predicted octanol–water partition coefficient (Wildman–Crippen LogP) is 5.77. The average Bonchev–Trinajstić information content (AvgIpc) is 3.09. The first-order valence-electron chi connectivity index (χ1n) is 11.2. The Hall–Kier alpha value is -3.70. The molecule has 0 fully saturated rings. The van der Waals surface area contributed by atoms with Gasteiger partial charge in [-0.2, -0.15) is 0 Å². The summed E-state index contributed by atoms with van der Waals surface area (Å²) < 4.78 is 0. The van der Waals surface area contributed by atoms with Gasteiger partial charge in [0.1, 0.15) is 0 Å². The number of halogens is 1. The van der Waals surface area contributed by atoms with Gasteiger partial charge in [0.15, 0.2) is 0 Å². The van der Waals surface area contributed by atoms with E-state index in [1.165, 1.54) is 11.0 Å². The molecule has 0 saturated carbocycles. The second-order valence-corrected chi connectivity index (χ2v) is 8.60. The normalized spacial score (nSPS) is 12.9. The van der Waals surface area contributed by atoms with Crippen molar-refractivity contribution in [1.82, 2.24) is 4.90 Å². The molecule has 0 atom stereocenters. The maximum absolute atomic E-state index is 13.1. The number of unbranched alkanes of at least 4 members (excludes halogenated alkanes) is 1. The molecule has 1 aliphatic heterocycles. The lowest BCUT2D eigenvalue weighted by Gasteiger charge is -2.22. The number of amides is 3. The summed E-state index contributed by atoms with van der Waals surface area (Å²) in [6.45, 7) is 2.77. The quantitative estimate of drug-likeness (QED) is 0.237. The monoisotopic (exact) mass is 472 g/mol. The third-order valence-corrected chi connectivity index (χ3v) is 6.16. The van der Waals surface area contributed by atoms with Crippen molar-refractivity contribution < 1.29 is 14.4 Å². The van der Waals surface area contributed by atoms with E-state index in [9.17, 15) is 14.4 Å². The van der Waals surface area contributed by atoms with Gasteiger partial charge in [0, 0.05) is 29.9 Å². The molecule has 34 heavy (non-hydrogen) atoms. The molecule has 0 unspecified atom stereocenters. The highest BCUT2D eigenvalue weighted by Crippen LogP contribution is 2.23. The first-order chi connectivity index (χ1) is 16.5. The van der Waals surface area contributed by atoms with Crippen molar-refractivity contribution in [3.8, 4) is 0 Å². The van der Waals surface area contributed by atoms with Gasteiger partial charge < -0.3 is 4.90 Å². The van der Waals surface area contributed by atoms with Crippen molar-refractivity contribution in [2.24, 2.45) is 0 Å². The molecule has 4 rings (SSSR count). The van der Waals surface area contributed by atoms with E-state index in [1.54, 1.807) is 41.3 Å². The van der Waals surface area contributed by atoms with Crippen LogP contribution in [0.25, 0.3) is 6.08 Å². The number of hydrogen-bond donors (Lipinski definition) is 0. The van der Waals surface area contributed by atoms with Crippen LogP contribution in [0.2, 0.25) is 5.02 Å². The number of nitrogens with zero attached hydrogens (tertiary/aromatic N) is 2. The zero-order valence-electron chi connectivity index (χ0n) is 18.9. The van der Waals surface area contributed by atoms with E-state index < -0.39 is 0 Å². The molecule has 0 saturated heterocycles. The number of carbonyl (C=O) groups excluding carboxylic acids is 3. The van der Waals surface area contributed by atoms with Gasteiger partial charge in [-0.05, 0) is 61.7 Å². The minimum Gasteiger partial charge on any atom is -0.309 e. The molecule has 0 radical (unpaired) electrons. The fourth-order valence-corrected chi connectivity index (χ4v) is 4.13. The molecule has 3 amide bonds. The predicted molar refractivity (Wildman–Crippen MR) is 135 cm³/mol. The third kappa shape index (κ3) is 5.10. The molecular formula is C28H25ClN2O3. The smallest absolute Gasteiger partial charge is 0.261 e.